The lowest BCUT2D eigenvalue weighted by Crippen LogP contribution is -2.46. The Labute approximate surface area is 114 Å². The number of rotatable bonds is 5. The molecule has 3 atom stereocenters. The second kappa shape index (κ2) is 5.15. The van der Waals surface area contributed by atoms with Crippen LogP contribution >= 0.6 is 0 Å². The Balaban J connectivity index is 1.99. The summed E-state index contributed by atoms with van der Waals surface area (Å²) in [5.41, 5.74) is 0.910. The van der Waals surface area contributed by atoms with Gasteiger partial charge >= 0.3 is 0 Å². The minimum absolute atomic E-state index is 0.271. The highest BCUT2D eigenvalue weighted by atomic mass is 15.0. The Hall–Kier alpha value is -0.0400. The van der Waals surface area contributed by atoms with Crippen molar-refractivity contribution in [3.05, 3.63) is 0 Å². The van der Waals surface area contributed by atoms with Gasteiger partial charge in [0.2, 0.25) is 0 Å². The van der Waals surface area contributed by atoms with E-state index in [1.165, 1.54) is 45.1 Å². The molecule has 2 bridgehead atoms. The third-order valence-electron chi connectivity index (χ3n) is 5.29. The van der Waals surface area contributed by atoms with Gasteiger partial charge < -0.3 is 5.32 Å². The monoisotopic (exact) mass is 251 g/mol. The topological polar surface area (TPSA) is 12.0 Å². The van der Waals surface area contributed by atoms with E-state index in [9.17, 15) is 0 Å². The summed E-state index contributed by atoms with van der Waals surface area (Å²) < 4.78 is 0. The van der Waals surface area contributed by atoms with Crippen molar-refractivity contribution < 1.29 is 0 Å². The summed E-state index contributed by atoms with van der Waals surface area (Å²) in [5.74, 6) is 2.94. The van der Waals surface area contributed by atoms with Gasteiger partial charge in [-0.25, -0.2) is 0 Å². The molecule has 0 radical (unpaired) electrons. The Morgan fingerprint density at radius 2 is 1.94 bits per heavy atom. The maximum absolute atomic E-state index is 3.81. The van der Waals surface area contributed by atoms with Gasteiger partial charge in [-0.05, 0) is 69.6 Å². The number of hydrogen-bond acceptors (Lipinski definition) is 1. The van der Waals surface area contributed by atoms with Crippen molar-refractivity contribution in [3.8, 4) is 0 Å². The number of nitrogens with one attached hydrogen (secondary N) is 1. The fourth-order valence-corrected chi connectivity index (χ4v) is 4.19. The van der Waals surface area contributed by atoms with Crippen LogP contribution in [0.3, 0.4) is 0 Å². The first-order valence-corrected chi connectivity index (χ1v) is 8.06. The van der Waals surface area contributed by atoms with Crippen molar-refractivity contribution in [2.75, 3.05) is 6.54 Å². The summed E-state index contributed by atoms with van der Waals surface area (Å²) in [6.45, 7) is 12.9. The lowest BCUT2D eigenvalue weighted by atomic mass is 9.69. The quantitative estimate of drug-likeness (QED) is 0.752. The van der Waals surface area contributed by atoms with Crippen LogP contribution in [0.5, 0.6) is 0 Å². The summed E-state index contributed by atoms with van der Waals surface area (Å²) in [4.78, 5) is 0. The van der Waals surface area contributed by atoms with Gasteiger partial charge in [0.25, 0.3) is 0 Å². The largest absolute Gasteiger partial charge is 0.312 e. The Bertz CT molecular complexity index is 276. The molecule has 0 aromatic heterocycles. The summed E-state index contributed by atoms with van der Waals surface area (Å²) in [5, 5.41) is 3.81. The van der Waals surface area contributed by atoms with Gasteiger partial charge in [-0.15, -0.1) is 0 Å². The van der Waals surface area contributed by atoms with Gasteiger partial charge in [0.15, 0.2) is 0 Å². The average Bonchev–Trinajstić information content (AvgIpc) is 2.83. The first-order valence-electron chi connectivity index (χ1n) is 8.06. The molecular weight excluding hydrogens is 218 g/mol. The van der Waals surface area contributed by atoms with Gasteiger partial charge in [-0.2, -0.15) is 0 Å². The molecule has 2 aliphatic carbocycles. The Kier molecular flexibility index (Phi) is 4.11. The van der Waals surface area contributed by atoms with Crippen LogP contribution < -0.4 is 5.32 Å². The number of fused-ring (bicyclic) bond motifs is 2. The van der Waals surface area contributed by atoms with E-state index in [1.807, 2.05) is 0 Å². The maximum atomic E-state index is 3.81. The minimum atomic E-state index is 0.271. The SMILES string of the molecule is CC(C)CCC1(CNC(C)(C)C)CC2CCC1C2. The first kappa shape index (κ1) is 14.4. The molecule has 1 nitrogen and oxygen atoms in total. The predicted molar refractivity (Wildman–Crippen MR) is 79.7 cm³/mol. The van der Waals surface area contributed by atoms with Gasteiger partial charge in [0, 0.05) is 12.1 Å². The molecule has 2 fully saturated rings. The number of hydrogen-bond donors (Lipinski definition) is 1. The second-order valence-electron chi connectivity index (χ2n) is 8.48. The Morgan fingerprint density at radius 1 is 1.22 bits per heavy atom. The molecule has 1 heteroatoms. The van der Waals surface area contributed by atoms with Crippen LogP contribution in [0.1, 0.15) is 73.1 Å². The van der Waals surface area contributed by atoms with E-state index < -0.39 is 0 Å². The molecule has 0 amide bonds. The van der Waals surface area contributed by atoms with Gasteiger partial charge in [0.05, 0.1) is 0 Å². The molecule has 0 aromatic rings. The highest BCUT2D eigenvalue weighted by Crippen LogP contribution is 2.58. The predicted octanol–water partition coefficient (Wildman–Crippen LogP) is 4.62. The maximum Gasteiger partial charge on any atom is 0.00967 e. The van der Waals surface area contributed by atoms with Crippen LogP contribution in [0, 0.1) is 23.2 Å². The van der Waals surface area contributed by atoms with Crippen LogP contribution in [0.4, 0.5) is 0 Å². The van der Waals surface area contributed by atoms with Crippen LogP contribution in [0.2, 0.25) is 0 Å². The van der Waals surface area contributed by atoms with Crippen molar-refractivity contribution in [1.29, 1.82) is 0 Å². The van der Waals surface area contributed by atoms with E-state index in [4.69, 9.17) is 0 Å². The molecule has 18 heavy (non-hydrogen) atoms. The summed E-state index contributed by atoms with van der Waals surface area (Å²) >= 11 is 0. The third kappa shape index (κ3) is 3.29. The highest BCUT2D eigenvalue weighted by molar-refractivity contribution is 5.02. The fraction of sp³-hybridized carbons (Fsp3) is 1.00. The van der Waals surface area contributed by atoms with Crippen molar-refractivity contribution >= 4 is 0 Å². The highest BCUT2D eigenvalue weighted by Gasteiger charge is 2.50. The average molecular weight is 251 g/mol. The van der Waals surface area contributed by atoms with Gasteiger partial charge in [-0.3, -0.25) is 0 Å². The van der Waals surface area contributed by atoms with E-state index >= 15 is 0 Å². The van der Waals surface area contributed by atoms with Crippen molar-refractivity contribution in [1.82, 2.24) is 5.32 Å². The molecule has 0 aliphatic heterocycles. The van der Waals surface area contributed by atoms with Crippen molar-refractivity contribution in [2.45, 2.75) is 78.7 Å². The van der Waals surface area contributed by atoms with Crippen LogP contribution in [-0.2, 0) is 0 Å². The molecule has 2 saturated carbocycles. The van der Waals surface area contributed by atoms with Crippen molar-refractivity contribution in [2.24, 2.45) is 23.2 Å². The normalized spacial score (nSPS) is 35.7. The second-order valence-corrected chi connectivity index (χ2v) is 8.48. The lowest BCUT2D eigenvalue weighted by molar-refractivity contribution is 0.122. The van der Waals surface area contributed by atoms with Crippen LogP contribution in [-0.4, -0.2) is 12.1 Å². The molecule has 0 aromatic carbocycles. The molecular formula is C17H33N. The van der Waals surface area contributed by atoms with E-state index in [0.29, 0.717) is 5.41 Å². The summed E-state index contributed by atoms with van der Waals surface area (Å²) in [7, 11) is 0. The molecule has 0 spiro atoms. The molecule has 0 saturated heterocycles. The van der Waals surface area contributed by atoms with Crippen LogP contribution in [0.25, 0.3) is 0 Å². The lowest BCUT2D eigenvalue weighted by Gasteiger charge is -2.41. The van der Waals surface area contributed by atoms with Gasteiger partial charge in [-0.1, -0.05) is 26.7 Å². The zero-order valence-corrected chi connectivity index (χ0v) is 13.2. The zero-order valence-electron chi connectivity index (χ0n) is 13.2. The molecule has 2 aliphatic rings. The van der Waals surface area contributed by atoms with E-state index in [1.54, 1.807) is 0 Å². The van der Waals surface area contributed by atoms with E-state index in [-0.39, 0.29) is 5.54 Å². The smallest absolute Gasteiger partial charge is 0.00967 e. The standard InChI is InChI=1S/C17H33N/c1-13(2)8-9-17(12-18-16(3,4)5)11-14-6-7-15(17)10-14/h13-15,18H,6-12H2,1-5H3. The van der Waals surface area contributed by atoms with E-state index in [0.717, 1.165) is 17.8 Å². The van der Waals surface area contributed by atoms with E-state index in [2.05, 4.69) is 39.9 Å². The molecule has 2 rings (SSSR count). The molecule has 0 heterocycles. The van der Waals surface area contributed by atoms with Crippen LogP contribution in [0.15, 0.2) is 0 Å². The first-order chi connectivity index (χ1) is 8.31. The molecule has 1 N–H and O–H groups in total. The molecule has 3 unspecified atom stereocenters. The minimum Gasteiger partial charge on any atom is -0.312 e. The summed E-state index contributed by atoms with van der Waals surface area (Å²) in [6, 6.07) is 0. The molecule has 106 valence electrons. The zero-order chi connectivity index (χ0) is 13.4. The fourth-order valence-electron chi connectivity index (χ4n) is 4.19. The third-order valence-corrected chi connectivity index (χ3v) is 5.29. The van der Waals surface area contributed by atoms with Crippen molar-refractivity contribution in [3.63, 3.8) is 0 Å². The summed E-state index contributed by atoms with van der Waals surface area (Å²) in [6.07, 6.45) is 8.93. The Morgan fingerprint density at radius 3 is 2.39 bits per heavy atom. The van der Waals surface area contributed by atoms with Gasteiger partial charge in [0.1, 0.15) is 0 Å².